The van der Waals surface area contributed by atoms with Crippen molar-refractivity contribution >= 4 is 41.2 Å². The molecular formula is C12H17Cl2N5O2. The normalized spacial score (nSPS) is 11.7. The first-order valence-electron chi connectivity index (χ1n) is 5.98. The first-order valence-corrected chi connectivity index (χ1v) is 6.35. The van der Waals surface area contributed by atoms with E-state index in [4.69, 9.17) is 28.2 Å². The second kappa shape index (κ2) is 7.26. The molecule has 0 amide bonds. The molecule has 7 nitrogen and oxygen atoms in total. The molecule has 116 valence electrons. The molecule has 0 saturated carbocycles. The lowest BCUT2D eigenvalue weighted by Gasteiger charge is -2.18. The minimum absolute atomic E-state index is 0. The molecule has 1 atom stereocenters. The second-order valence-corrected chi connectivity index (χ2v) is 4.74. The van der Waals surface area contributed by atoms with Gasteiger partial charge in [0.1, 0.15) is 17.3 Å². The molecule has 1 unspecified atom stereocenters. The second-order valence-electron chi connectivity index (χ2n) is 4.31. The minimum atomic E-state index is -0.405. The predicted octanol–water partition coefficient (Wildman–Crippen LogP) is 1.89. The Kier molecular flexibility index (Phi) is 5.95. The van der Waals surface area contributed by atoms with E-state index >= 15 is 0 Å². The number of nitrogen functional groups attached to an aromatic ring is 2. The SMILES string of the molecule is Cl.Nc1[nH]nc(C(CCO)Nc2cc(Cl)ccc2O)c1N. The van der Waals surface area contributed by atoms with Crippen LogP contribution in [0.4, 0.5) is 17.2 Å². The Morgan fingerprint density at radius 2 is 2.10 bits per heavy atom. The van der Waals surface area contributed by atoms with Gasteiger partial charge in [-0.05, 0) is 24.6 Å². The Morgan fingerprint density at radius 1 is 1.38 bits per heavy atom. The maximum Gasteiger partial charge on any atom is 0.142 e. The number of hydrogen-bond donors (Lipinski definition) is 6. The Morgan fingerprint density at radius 3 is 2.67 bits per heavy atom. The molecule has 0 bridgehead atoms. The lowest BCUT2D eigenvalue weighted by atomic mass is 10.1. The zero-order valence-electron chi connectivity index (χ0n) is 11.0. The predicted molar refractivity (Wildman–Crippen MR) is 85.8 cm³/mol. The lowest BCUT2D eigenvalue weighted by molar-refractivity contribution is 0.279. The van der Waals surface area contributed by atoms with Gasteiger partial charge >= 0.3 is 0 Å². The summed E-state index contributed by atoms with van der Waals surface area (Å²) in [7, 11) is 0. The number of rotatable bonds is 5. The largest absolute Gasteiger partial charge is 0.506 e. The van der Waals surface area contributed by atoms with Crippen LogP contribution >= 0.6 is 24.0 Å². The average Bonchev–Trinajstić information content (AvgIpc) is 2.74. The third kappa shape index (κ3) is 3.84. The van der Waals surface area contributed by atoms with E-state index in [9.17, 15) is 5.11 Å². The third-order valence-electron chi connectivity index (χ3n) is 2.90. The summed E-state index contributed by atoms with van der Waals surface area (Å²) in [6.45, 7) is -0.0782. The fraction of sp³-hybridized carbons (Fsp3) is 0.250. The maximum atomic E-state index is 9.81. The molecule has 0 radical (unpaired) electrons. The van der Waals surface area contributed by atoms with Crippen LogP contribution in [0.1, 0.15) is 18.2 Å². The number of phenolic OH excluding ortho intramolecular Hbond substituents is 1. The van der Waals surface area contributed by atoms with Crippen LogP contribution in [-0.2, 0) is 0 Å². The highest BCUT2D eigenvalue weighted by Crippen LogP contribution is 2.33. The number of aliphatic hydroxyl groups excluding tert-OH is 1. The van der Waals surface area contributed by atoms with Gasteiger partial charge in [0.25, 0.3) is 0 Å². The van der Waals surface area contributed by atoms with Crippen molar-refractivity contribution in [3.63, 3.8) is 0 Å². The van der Waals surface area contributed by atoms with Gasteiger partial charge in [0.15, 0.2) is 0 Å². The number of nitrogens with zero attached hydrogens (tertiary/aromatic N) is 1. The maximum absolute atomic E-state index is 9.81. The summed E-state index contributed by atoms with van der Waals surface area (Å²) >= 11 is 5.89. The third-order valence-corrected chi connectivity index (χ3v) is 3.13. The number of nitrogens with two attached hydrogens (primary N) is 2. The topological polar surface area (TPSA) is 133 Å². The molecule has 2 rings (SSSR count). The molecule has 8 N–H and O–H groups in total. The molecule has 0 aliphatic carbocycles. The number of aromatic amines is 1. The molecule has 9 heteroatoms. The smallest absolute Gasteiger partial charge is 0.142 e. The van der Waals surface area contributed by atoms with E-state index in [1.807, 2.05) is 0 Å². The standard InChI is InChI=1S/C12H16ClN5O2.ClH/c13-6-1-2-9(20)8(5-6)16-7(3-4-19)11-10(14)12(15)18-17-11;/h1-2,5,7,16,19-20H,3-4,14H2,(H3,15,17,18);1H. The van der Waals surface area contributed by atoms with Crippen LogP contribution in [0.2, 0.25) is 5.02 Å². The van der Waals surface area contributed by atoms with Crippen molar-refractivity contribution in [1.29, 1.82) is 0 Å². The summed E-state index contributed by atoms with van der Waals surface area (Å²) in [5, 5.41) is 29.1. The summed E-state index contributed by atoms with van der Waals surface area (Å²) in [5.41, 5.74) is 12.7. The Bertz CT molecular complexity index is 605. The zero-order chi connectivity index (χ0) is 14.7. The number of nitrogens with one attached hydrogen (secondary N) is 2. The fourth-order valence-corrected chi connectivity index (χ4v) is 2.03. The number of aromatic hydroxyl groups is 1. The molecule has 0 aliphatic heterocycles. The summed E-state index contributed by atoms with van der Waals surface area (Å²) < 4.78 is 0. The van der Waals surface area contributed by atoms with Crippen molar-refractivity contribution in [2.75, 3.05) is 23.4 Å². The van der Waals surface area contributed by atoms with Crippen LogP contribution in [0.5, 0.6) is 5.75 Å². The van der Waals surface area contributed by atoms with E-state index in [1.54, 1.807) is 12.1 Å². The number of hydrogen-bond acceptors (Lipinski definition) is 6. The van der Waals surface area contributed by atoms with E-state index < -0.39 is 6.04 Å². The van der Waals surface area contributed by atoms with Crippen LogP contribution in [0.15, 0.2) is 18.2 Å². The van der Waals surface area contributed by atoms with Crippen molar-refractivity contribution in [2.45, 2.75) is 12.5 Å². The Balaban J connectivity index is 0.00000220. The summed E-state index contributed by atoms with van der Waals surface area (Å²) in [6, 6.07) is 4.22. The summed E-state index contributed by atoms with van der Waals surface area (Å²) in [5.74, 6) is 0.305. The fourth-order valence-electron chi connectivity index (χ4n) is 1.86. The van der Waals surface area contributed by atoms with Gasteiger partial charge in [-0.25, -0.2) is 0 Å². The van der Waals surface area contributed by atoms with Gasteiger partial charge in [-0.15, -0.1) is 12.4 Å². The van der Waals surface area contributed by atoms with Gasteiger partial charge in [-0.2, -0.15) is 5.10 Å². The molecule has 0 aliphatic rings. The average molecular weight is 334 g/mol. The van der Waals surface area contributed by atoms with E-state index in [0.29, 0.717) is 28.5 Å². The van der Waals surface area contributed by atoms with Gasteiger partial charge in [0.2, 0.25) is 0 Å². The minimum Gasteiger partial charge on any atom is -0.506 e. The monoisotopic (exact) mass is 333 g/mol. The molecule has 1 heterocycles. The van der Waals surface area contributed by atoms with Crippen LogP contribution in [-0.4, -0.2) is 27.0 Å². The number of benzene rings is 1. The number of aliphatic hydroxyl groups is 1. The van der Waals surface area contributed by atoms with Crippen LogP contribution in [0, 0.1) is 0 Å². The van der Waals surface area contributed by atoms with Crippen molar-refractivity contribution in [3.05, 3.63) is 28.9 Å². The first-order chi connectivity index (χ1) is 9.52. The zero-order valence-corrected chi connectivity index (χ0v) is 12.6. The van der Waals surface area contributed by atoms with Crippen LogP contribution in [0.25, 0.3) is 0 Å². The molecule has 0 fully saturated rings. The number of anilines is 3. The van der Waals surface area contributed by atoms with Crippen molar-refractivity contribution in [1.82, 2.24) is 10.2 Å². The highest BCUT2D eigenvalue weighted by Gasteiger charge is 2.20. The number of phenols is 1. The van der Waals surface area contributed by atoms with E-state index in [1.165, 1.54) is 6.07 Å². The highest BCUT2D eigenvalue weighted by molar-refractivity contribution is 6.30. The number of aromatic nitrogens is 2. The van der Waals surface area contributed by atoms with Crippen LogP contribution in [0.3, 0.4) is 0 Å². The molecular weight excluding hydrogens is 317 g/mol. The van der Waals surface area contributed by atoms with Gasteiger partial charge in [-0.3, -0.25) is 5.10 Å². The highest BCUT2D eigenvalue weighted by atomic mass is 35.5. The first kappa shape index (κ1) is 17.2. The Labute approximate surface area is 132 Å². The number of halogens is 2. The van der Waals surface area contributed by atoms with Crippen LogP contribution < -0.4 is 16.8 Å². The molecule has 0 saturated heterocycles. The molecule has 1 aromatic heterocycles. The molecule has 1 aromatic carbocycles. The number of H-pyrrole nitrogens is 1. The van der Waals surface area contributed by atoms with E-state index in [-0.39, 0.29) is 30.6 Å². The Hall–Kier alpha value is -1.83. The van der Waals surface area contributed by atoms with E-state index in [2.05, 4.69) is 15.5 Å². The quantitative estimate of drug-likeness (QED) is 0.463. The molecule has 0 spiro atoms. The molecule has 2 aromatic rings. The van der Waals surface area contributed by atoms with Crippen molar-refractivity contribution < 1.29 is 10.2 Å². The van der Waals surface area contributed by atoms with Gasteiger partial charge in [0, 0.05) is 11.6 Å². The van der Waals surface area contributed by atoms with Crippen molar-refractivity contribution in [3.8, 4) is 5.75 Å². The lowest BCUT2D eigenvalue weighted by Crippen LogP contribution is -2.14. The van der Waals surface area contributed by atoms with Gasteiger partial charge < -0.3 is 27.0 Å². The molecule has 21 heavy (non-hydrogen) atoms. The van der Waals surface area contributed by atoms with Gasteiger partial charge in [0.05, 0.1) is 17.4 Å². The summed E-state index contributed by atoms with van der Waals surface area (Å²) in [4.78, 5) is 0. The van der Waals surface area contributed by atoms with Crippen molar-refractivity contribution in [2.24, 2.45) is 0 Å². The van der Waals surface area contributed by atoms with Gasteiger partial charge in [-0.1, -0.05) is 11.6 Å². The van der Waals surface area contributed by atoms with E-state index in [0.717, 1.165) is 0 Å². The summed E-state index contributed by atoms with van der Waals surface area (Å²) in [6.07, 6.45) is 0.348.